The summed E-state index contributed by atoms with van der Waals surface area (Å²) in [6, 6.07) is 23.3. The number of nitrogens with zero attached hydrogens (tertiary/aromatic N) is 3. The van der Waals surface area contributed by atoms with Crippen molar-refractivity contribution in [1.82, 2.24) is 9.80 Å². The van der Waals surface area contributed by atoms with Crippen molar-refractivity contribution in [3.8, 4) is 0 Å². The zero-order chi connectivity index (χ0) is 28.5. The molecule has 2 aliphatic rings. The fraction of sp³-hybridized carbons (Fsp3) is 0.387. The first-order chi connectivity index (χ1) is 19.1. The predicted molar refractivity (Wildman–Crippen MR) is 163 cm³/mol. The summed E-state index contributed by atoms with van der Waals surface area (Å²) in [4.78, 5) is 17.9. The molecule has 1 atom stereocenters. The lowest BCUT2D eigenvalue weighted by Gasteiger charge is -2.40. The van der Waals surface area contributed by atoms with E-state index in [1.165, 1.54) is 6.26 Å². The van der Waals surface area contributed by atoms with Gasteiger partial charge >= 0.3 is 0 Å². The molecule has 3 aromatic rings. The van der Waals surface area contributed by atoms with Crippen LogP contribution in [0.15, 0.2) is 72.8 Å². The number of carbonyl (C=O) groups excluding carboxylic acids is 1. The third-order valence-electron chi connectivity index (χ3n) is 8.42. The smallest absolute Gasteiger partial charge is 0.232 e. The number of anilines is 1. The van der Waals surface area contributed by atoms with Crippen molar-refractivity contribution >= 4 is 44.8 Å². The molecule has 0 bridgehead atoms. The third kappa shape index (κ3) is 6.03. The van der Waals surface area contributed by atoms with Gasteiger partial charge in [0.2, 0.25) is 15.9 Å². The Kier molecular flexibility index (Phi) is 8.48. The van der Waals surface area contributed by atoms with E-state index in [1.54, 1.807) is 15.3 Å². The maximum absolute atomic E-state index is 13.8. The number of piperidine rings is 1. The molecule has 0 aromatic heterocycles. The van der Waals surface area contributed by atoms with Crippen LogP contribution in [0.2, 0.25) is 10.0 Å². The molecule has 5 rings (SSSR count). The van der Waals surface area contributed by atoms with Gasteiger partial charge in [0.05, 0.1) is 27.9 Å². The number of fused-ring (bicyclic) bond motifs is 2. The number of hydrogen-bond donors (Lipinski definition) is 0. The van der Waals surface area contributed by atoms with Crippen LogP contribution in [0.1, 0.15) is 41.9 Å². The number of halogens is 2. The molecule has 0 N–H and O–H groups in total. The molecular formula is C31H35Cl2N3O3S. The lowest BCUT2D eigenvalue weighted by Crippen LogP contribution is -2.46. The topological polar surface area (TPSA) is 60.9 Å². The van der Waals surface area contributed by atoms with E-state index in [-0.39, 0.29) is 17.2 Å². The van der Waals surface area contributed by atoms with Crippen LogP contribution in [-0.2, 0) is 26.8 Å². The average molecular weight is 601 g/mol. The Morgan fingerprint density at radius 3 is 2.33 bits per heavy atom. The van der Waals surface area contributed by atoms with E-state index in [0.29, 0.717) is 29.6 Å². The van der Waals surface area contributed by atoms with Gasteiger partial charge in [0.1, 0.15) is 0 Å². The Balaban J connectivity index is 1.29. The lowest BCUT2D eigenvalue weighted by atomic mass is 9.74. The van der Waals surface area contributed by atoms with Crippen molar-refractivity contribution in [2.45, 2.75) is 37.1 Å². The van der Waals surface area contributed by atoms with Crippen molar-refractivity contribution in [1.29, 1.82) is 0 Å². The highest BCUT2D eigenvalue weighted by Crippen LogP contribution is 2.47. The number of likely N-dealkylation sites (tertiary alicyclic amines) is 1. The molecule has 2 aliphatic heterocycles. The van der Waals surface area contributed by atoms with Gasteiger partial charge in [-0.1, -0.05) is 77.8 Å². The monoisotopic (exact) mass is 599 g/mol. The quantitative estimate of drug-likeness (QED) is 0.321. The second kappa shape index (κ2) is 11.7. The van der Waals surface area contributed by atoms with Gasteiger partial charge in [-0.3, -0.25) is 9.10 Å². The van der Waals surface area contributed by atoms with E-state index in [0.717, 1.165) is 54.9 Å². The molecular weight excluding hydrogens is 565 g/mol. The van der Waals surface area contributed by atoms with E-state index < -0.39 is 10.0 Å². The average Bonchev–Trinajstić information content (AvgIpc) is 3.27. The normalized spacial score (nSPS) is 17.6. The van der Waals surface area contributed by atoms with Crippen LogP contribution >= 0.6 is 23.2 Å². The zero-order valence-corrected chi connectivity index (χ0v) is 25.2. The van der Waals surface area contributed by atoms with E-state index >= 15 is 0 Å². The Bertz CT molecular complexity index is 1470. The Morgan fingerprint density at radius 2 is 1.65 bits per heavy atom. The molecule has 9 heteroatoms. The van der Waals surface area contributed by atoms with E-state index in [9.17, 15) is 13.2 Å². The first-order valence-corrected chi connectivity index (χ1v) is 16.2. The van der Waals surface area contributed by atoms with Crippen molar-refractivity contribution in [2.75, 3.05) is 43.8 Å². The largest absolute Gasteiger partial charge is 0.341 e. The molecule has 2 heterocycles. The van der Waals surface area contributed by atoms with Crippen LogP contribution in [0.3, 0.4) is 0 Å². The molecule has 6 nitrogen and oxygen atoms in total. The van der Waals surface area contributed by atoms with E-state index in [1.807, 2.05) is 67.7 Å². The van der Waals surface area contributed by atoms with Gasteiger partial charge in [-0.05, 0) is 73.8 Å². The summed E-state index contributed by atoms with van der Waals surface area (Å²) >= 11 is 12.6. The van der Waals surface area contributed by atoms with Crippen LogP contribution in [0.25, 0.3) is 0 Å². The standard InChI is InChI=1S/C31H35Cl2N3O3S/c1-34(21-23-8-4-3-5-9-23)30(37)25(24-12-13-27(32)28(33)20-24)14-17-35-18-15-31(16-19-35)22-36(40(2,38)39)29-11-7-6-10-26(29)31/h3-13,20,25H,14-19,21-22H2,1-2H3/t25-/m0/s1. The molecule has 1 amide bonds. The molecule has 0 unspecified atom stereocenters. The highest BCUT2D eigenvalue weighted by Gasteiger charge is 2.46. The van der Waals surface area contributed by atoms with Gasteiger partial charge in [0.25, 0.3) is 0 Å². The summed E-state index contributed by atoms with van der Waals surface area (Å²) in [6.07, 6.45) is 3.67. The summed E-state index contributed by atoms with van der Waals surface area (Å²) in [5.74, 6) is -0.309. The van der Waals surface area contributed by atoms with Crippen molar-refractivity contribution in [3.05, 3.63) is 99.5 Å². The number of hydrogen-bond acceptors (Lipinski definition) is 4. The van der Waals surface area contributed by atoms with Crippen molar-refractivity contribution < 1.29 is 13.2 Å². The maximum Gasteiger partial charge on any atom is 0.232 e. The number of likely N-dealkylation sites (N-methyl/N-ethyl adjacent to an activating group) is 1. The molecule has 3 aromatic carbocycles. The van der Waals surface area contributed by atoms with E-state index in [4.69, 9.17) is 23.2 Å². The van der Waals surface area contributed by atoms with Crippen molar-refractivity contribution in [3.63, 3.8) is 0 Å². The molecule has 0 saturated carbocycles. The lowest BCUT2D eigenvalue weighted by molar-refractivity contribution is -0.132. The third-order valence-corrected chi connectivity index (χ3v) is 10.3. The zero-order valence-electron chi connectivity index (χ0n) is 22.9. The number of rotatable bonds is 8. The number of para-hydroxylation sites is 1. The van der Waals surface area contributed by atoms with Crippen molar-refractivity contribution in [2.24, 2.45) is 0 Å². The SMILES string of the molecule is CN(Cc1ccccc1)C(=O)[C@@H](CCN1CCC2(CC1)CN(S(C)(=O)=O)c1ccccc12)c1ccc(Cl)c(Cl)c1. The summed E-state index contributed by atoms with van der Waals surface area (Å²) in [5, 5.41) is 0.911. The summed E-state index contributed by atoms with van der Waals surface area (Å²) in [7, 11) is -1.50. The van der Waals surface area contributed by atoms with E-state index in [2.05, 4.69) is 11.0 Å². The number of benzene rings is 3. The van der Waals surface area contributed by atoms with Crippen LogP contribution in [0.4, 0.5) is 5.69 Å². The molecule has 0 aliphatic carbocycles. The second-order valence-electron chi connectivity index (χ2n) is 11.1. The second-order valence-corrected chi connectivity index (χ2v) is 13.8. The summed E-state index contributed by atoms with van der Waals surface area (Å²) in [6.45, 7) is 3.46. The first-order valence-electron chi connectivity index (χ1n) is 13.6. The molecule has 40 heavy (non-hydrogen) atoms. The van der Waals surface area contributed by atoms with Gasteiger partial charge in [0, 0.05) is 25.6 Å². The number of amides is 1. The minimum Gasteiger partial charge on any atom is -0.341 e. The van der Waals surface area contributed by atoms with Gasteiger partial charge in [-0.2, -0.15) is 0 Å². The molecule has 0 radical (unpaired) electrons. The molecule has 1 saturated heterocycles. The van der Waals surface area contributed by atoms with Gasteiger partial charge in [0.15, 0.2) is 0 Å². The van der Waals surface area contributed by atoms with Crippen LogP contribution in [-0.4, -0.2) is 63.6 Å². The number of carbonyl (C=O) groups is 1. The summed E-state index contributed by atoms with van der Waals surface area (Å²) in [5.41, 5.74) is 3.70. The maximum atomic E-state index is 13.8. The predicted octanol–water partition coefficient (Wildman–Crippen LogP) is 5.94. The Morgan fingerprint density at radius 1 is 0.975 bits per heavy atom. The van der Waals surface area contributed by atoms with Gasteiger partial charge in [-0.15, -0.1) is 0 Å². The fourth-order valence-corrected chi connectivity index (χ4v) is 7.49. The Hall–Kier alpha value is -2.58. The Labute approximate surface area is 247 Å². The first kappa shape index (κ1) is 28.9. The summed E-state index contributed by atoms with van der Waals surface area (Å²) < 4.78 is 26.6. The minimum atomic E-state index is -3.35. The highest BCUT2D eigenvalue weighted by atomic mass is 35.5. The highest BCUT2D eigenvalue weighted by molar-refractivity contribution is 7.92. The molecule has 212 valence electrons. The van der Waals surface area contributed by atoms with Gasteiger partial charge in [-0.25, -0.2) is 8.42 Å². The van der Waals surface area contributed by atoms with Crippen LogP contribution in [0.5, 0.6) is 0 Å². The van der Waals surface area contributed by atoms with Gasteiger partial charge < -0.3 is 9.80 Å². The fourth-order valence-electron chi connectivity index (χ4n) is 6.19. The number of sulfonamides is 1. The molecule has 1 spiro atoms. The van der Waals surface area contributed by atoms with Crippen LogP contribution in [0, 0.1) is 0 Å². The molecule has 1 fully saturated rings. The minimum absolute atomic E-state index is 0.0456. The van der Waals surface area contributed by atoms with Crippen LogP contribution < -0.4 is 4.31 Å².